The van der Waals surface area contributed by atoms with Crippen LogP contribution in [0.5, 0.6) is 0 Å². The zero-order valence-corrected chi connectivity index (χ0v) is 25.0. The number of hydrogen-bond acceptors (Lipinski definition) is 5. The Morgan fingerprint density at radius 2 is 1.68 bits per heavy atom. The minimum Gasteiger partial charge on any atom is -0.478 e. The van der Waals surface area contributed by atoms with Crippen LogP contribution in [-0.2, 0) is 14.4 Å². The summed E-state index contributed by atoms with van der Waals surface area (Å²) >= 11 is 0. The molecule has 38 heavy (non-hydrogen) atoms. The molecule has 0 bridgehead atoms. The van der Waals surface area contributed by atoms with Crippen LogP contribution in [0, 0.1) is 16.7 Å². The van der Waals surface area contributed by atoms with E-state index in [-0.39, 0.29) is 29.2 Å². The first-order valence-corrected chi connectivity index (χ1v) is 13.4. The largest absolute Gasteiger partial charge is 0.478 e. The molecule has 1 aromatic carbocycles. The number of likely N-dealkylation sites (N-methyl/N-ethyl adjacent to an activating group) is 3. The number of aliphatic carboxylic acids is 1. The molecule has 2 amide bonds. The Morgan fingerprint density at radius 1 is 1.11 bits per heavy atom. The maximum atomic E-state index is 13.9. The SMILES string of the molecule is CN[C@H](C(=O)N[C@H](C(=O)N(C)[C@H](/C=C(\C)C(=O)O)C(C)C)C(C)(C)C)C(C)(C)C1CN(C)c2ccccc21. The van der Waals surface area contributed by atoms with Gasteiger partial charge in [0.15, 0.2) is 0 Å². The standard InChI is InChI=1S/C30H48N4O4/c1-18(2)23(16-19(3)28(37)38)34(11)27(36)25(29(4,5)6)32-26(35)24(31-9)30(7,8)21-17-33(10)22-15-13-12-14-20(21)22/h12-16,18,21,23-25,31H,17H2,1-11H3,(H,32,35)(H,37,38)/b19-16+/t21?,23-,24-,25-/m1/s1. The summed E-state index contributed by atoms with van der Waals surface area (Å²) in [7, 11) is 5.53. The molecule has 8 heteroatoms. The maximum absolute atomic E-state index is 13.9. The number of amides is 2. The minimum absolute atomic E-state index is 0.0158. The lowest BCUT2D eigenvalue weighted by Crippen LogP contribution is -2.61. The van der Waals surface area contributed by atoms with Crippen LogP contribution in [0.15, 0.2) is 35.9 Å². The molecule has 0 saturated heterocycles. The predicted molar refractivity (Wildman–Crippen MR) is 153 cm³/mol. The number of anilines is 1. The molecule has 1 unspecified atom stereocenters. The Balaban J connectivity index is 2.37. The zero-order valence-electron chi connectivity index (χ0n) is 25.0. The number of carboxylic acids is 1. The summed E-state index contributed by atoms with van der Waals surface area (Å²) in [5.74, 6) is -1.40. The fourth-order valence-electron chi connectivity index (χ4n) is 5.58. The Bertz CT molecular complexity index is 1060. The van der Waals surface area contributed by atoms with Crippen LogP contribution in [0.4, 0.5) is 5.69 Å². The topological polar surface area (TPSA) is 102 Å². The summed E-state index contributed by atoms with van der Waals surface area (Å²) < 4.78 is 0. The molecular formula is C30H48N4O4. The number of carboxylic acid groups (broad SMARTS) is 1. The summed E-state index contributed by atoms with van der Waals surface area (Å²) in [5.41, 5.74) is 1.54. The van der Waals surface area contributed by atoms with Gasteiger partial charge < -0.3 is 25.5 Å². The Labute approximate surface area is 228 Å². The number of nitrogens with one attached hydrogen (secondary N) is 2. The van der Waals surface area contributed by atoms with Gasteiger partial charge in [-0.1, -0.05) is 72.7 Å². The molecule has 0 aromatic heterocycles. The molecular weight excluding hydrogens is 480 g/mol. The van der Waals surface area contributed by atoms with Crippen LogP contribution in [0.1, 0.15) is 66.9 Å². The van der Waals surface area contributed by atoms with E-state index in [0.717, 1.165) is 6.54 Å². The van der Waals surface area contributed by atoms with Crippen LogP contribution >= 0.6 is 0 Å². The average molecular weight is 529 g/mol. The molecule has 0 spiro atoms. The van der Waals surface area contributed by atoms with E-state index in [1.54, 1.807) is 25.1 Å². The Morgan fingerprint density at radius 3 is 2.18 bits per heavy atom. The van der Waals surface area contributed by atoms with Crippen molar-refractivity contribution in [2.75, 3.05) is 32.6 Å². The van der Waals surface area contributed by atoms with Crippen molar-refractivity contribution < 1.29 is 19.5 Å². The second-order valence-electron chi connectivity index (χ2n) is 12.7. The molecule has 0 aliphatic carbocycles. The molecule has 0 radical (unpaired) electrons. The first-order valence-electron chi connectivity index (χ1n) is 13.4. The van der Waals surface area contributed by atoms with Crippen LogP contribution < -0.4 is 15.5 Å². The highest BCUT2D eigenvalue weighted by Gasteiger charge is 2.47. The lowest BCUT2D eigenvalue weighted by Gasteiger charge is -2.41. The average Bonchev–Trinajstić information content (AvgIpc) is 3.16. The molecule has 212 valence electrons. The van der Waals surface area contributed by atoms with E-state index in [4.69, 9.17) is 0 Å². The second-order valence-corrected chi connectivity index (χ2v) is 12.7. The number of rotatable bonds is 10. The molecule has 1 aliphatic rings. The molecule has 8 nitrogen and oxygen atoms in total. The molecule has 4 atom stereocenters. The van der Waals surface area contributed by atoms with E-state index in [1.807, 2.05) is 46.8 Å². The third-order valence-corrected chi connectivity index (χ3v) is 8.01. The number of carbonyl (C=O) groups is 3. The molecule has 2 rings (SSSR count). The highest BCUT2D eigenvalue weighted by Crippen LogP contribution is 2.47. The number of fused-ring (bicyclic) bond motifs is 1. The van der Waals surface area contributed by atoms with E-state index in [0.29, 0.717) is 0 Å². The van der Waals surface area contributed by atoms with E-state index in [2.05, 4.69) is 48.6 Å². The Hall–Kier alpha value is -2.87. The highest BCUT2D eigenvalue weighted by molar-refractivity contribution is 5.91. The van der Waals surface area contributed by atoms with Crippen LogP contribution in [-0.4, -0.2) is 73.6 Å². The van der Waals surface area contributed by atoms with Crippen molar-refractivity contribution in [3.05, 3.63) is 41.5 Å². The van der Waals surface area contributed by atoms with E-state index in [9.17, 15) is 19.5 Å². The number of benzene rings is 1. The number of carbonyl (C=O) groups excluding carboxylic acids is 2. The zero-order chi connectivity index (χ0) is 29.2. The Kier molecular flexibility index (Phi) is 9.81. The summed E-state index contributed by atoms with van der Waals surface area (Å²) in [4.78, 5) is 43.0. The highest BCUT2D eigenvalue weighted by atomic mass is 16.4. The van der Waals surface area contributed by atoms with Crippen molar-refractivity contribution >= 4 is 23.5 Å². The summed E-state index contributed by atoms with van der Waals surface area (Å²) in [6.45, 7) is 16.2. The van der Waals surface area contributed by atoms with Gasteiger partial charge >= 0.3 is 5.97 Å². The van der Waals surface area contributed by atoms with E-state index >= 15 is 0 Å². The van der Waals surface area contributed by atoms with E-state index < -0.39 is 34.9 Å². The summed E-state index contributed by atoms with van der Waals surface area (Å²) in [5, 5.41) is 15.7. The lowest BCUT2D eigenvalue weighted by atomic mass is 9.70. The molecule has 1 aliphatic heterocycles. The van der Waals surface area contributed by atoms with Gasteiger partial charge in [-0.15, -0.1) is 0 Å². The number of hydrogen-bond donors (Lipinski definition) is 3. The fourth-order valence-corrected chi connectivity index (χ4v) is 5.58. The van der Waals surface area contributed by atoms with Gasteiger partial charge in [-0.25, -0.2) is 4.79 Å². The summed E-state index contributed by atoms with van der Waals surface area (Å²) in [6.07, 6.45) is 1.61. The van der Waals surface area contributed by atoms with Crippen LogP contribution in [0.3, 0.4) is 0 Å². The quantitative estimate of drug-likeness (QED) is 0.399. The molecule has 0 fully saturated rings. The normalized spacial score (nSPS) is 18.6. The third-order valence-electron chi connectivity index (χ3n) is 8.01. The molecule has 1 aromatic rings. The van der Waals surface area contributed by atoms with Crippen molar-refractivity contribution in [1.82, 2.24) is 15.5 Å². The first-order chi connectivity index (χ1) is 17.4. The van der Waals surface area contributed by atoms with Gasteiger partial charge in [0.1, 0.15) is 6.04 Å². The van der Waals surface area contributed by atoms with Crippen LogP contribution in [0.2, 0.25) is 0 Å². The van der Waals surface area contributed by atoms with Gasteiger partial charge in [0, 0.05) is 37.8 Å². The molecule has 3 N–H and O–H groups in total. The van der Waals surface area contributed by atoms with Gasteiger partial charge in [-0.3, -0.25) is 9.59 Å². The van der Waals surface area contributed by atoms with Crippen molar-refractivity contribution in [2.45, 2.75) is 79.4 Å². The van der Waals surface area contributed by atoms with Gasteiger partial charge in [0.25, 0.3) is 0 Å². The second kappa shape index (κ2) is 11.9. The predicted octanol–water partition coefficient (Wildman–Crippen LogP) is 3.88. The van der Waals surface area contributed by atoms with Gasteiger partial charge in [-0.05, 0) is 42.3 Å². The van der Waals surface area contributed by atoms with Crippen LogP contribution in [0.25, 0.3) is 0 Å². The number of nitrogens with zero attached hydrogens (tertiary/aromatic N) is 2. The molecule has 0 saturated carbocycles. The van der Waals surface area contributed by atoms with Gasteiger partial charge in [0.2, 0.25) is 11.8 Å². The van der Waals surface area contributed by atoms with Gasteiger partial charge in [0.05, 0.1) is 12.1 Å². The fraction of sp³-hybridized carbons (Fsp3) is 0.633. The minimum atomic E-state index is -1.02. The van der Waals surface area contributed by atoms with Crippen molar-refractivity contribution in [2.24, 2.45) is 16.7 Å². The monoisotopic (exact) mass is 528 g/mol. The van der Waals surface area contributed by atoms with Gasteiger partial charge in [-0.2, -0.15) is 0 Å². The number of para-hydroxylation sites is 1. The summed E-state index contributed by atoms with van der Waals surface area (Å²) in [6, 6.07) is 6.52. The smallest absolute Gasteiger partial charge is 0.331 e. The lowest BCUT2D eigenvalue weighted by molar-refractivity contribution is -0.141. The maximum Gasteiger partial charge on any atom is 0.331 e. The third kappa shape index (κ3) is 6.57. The van der Waals surface area contributed by atoms with Crippen molar-refractivity contribution in [1.29, 1.82) is 0 Å². The molecule has 1 heterocycles. The first kappa shape index (κ1) is 31.3. The van der Waals surface area contributed by atoms with E-state index in [1.165, 1.54) is 18.2 Å². The van der Waals surface area contributed by atoms with Crippen molar-refractivity contribution in [3.63, 3.8) is 0 Å². The van der Waals surface area contributed by atoms with Crippen molar-refractivity contribution in [3.8, 4) is 0 Å².